The molecule has 0 radical (unpaired) electrons. The lowest BCUT2D eigenvalue weighted by atomic mass is 9.83. The minimum absolute atomic E-state index is 0.0439. The maximum Gasteiger partial charge on any atom is 0.272 e. The first-order valence-corrected chi connectivity index (χ1v) is 7.39. The summed E-state index contributed by atoms with van der Waals surface area (Å²) in [5.74, 6) is -0.668. The molecule has 20 heavy (non-hydrogen) atoms. The van der Waals surface area contributed by atoms with Gasteiger partial charge in [-0.1, -0.05) is 15.9 Å². The van der Waals surface area contributed by atoms with E-state index in [0.717, 1.165) is 24.2 Å². The first-order chi connectivity index (χ1) is 9.56. The topological polar surface area (TPSA) is 61.6 Å². The third-order valence-corrected chi connectivity index (χ3v) is 4.69. The molecule has 110 valence electrons. The fourth-order valence-corrected chi connectivity index (χ4v) is 2.79. The normalized spacial score (nSPS) is 17.7. The van der Waals surface area contributed by atoms with Crippen molar-refractivity contribution in [2.45, 2.75) is 12.8 Å². The number of benzene rings is 1. The maximum absolute atomic E-state index is 13.7. The number of ether oxygens (including phenoxy) is 2. The smallest absolute Gasteiger partial charge is 0.272 e. The van der Waals surface area contributed by atoms with Crippen molar-refractivity contribution in [3.8, 4) is 5.75 Å². The van der Waals surface area contributed by atoms with Crippen molar-refractivity contribution in [3.63, 3.8) is 0 Å². The van der Waals surface area contributed by atoms with Gasteiger partial charge in [0.1, 0.15) is 0 Å². The summed E-state index contributed by atoms with van der Waals surface area (Å²) in [6, 6.07) is 3.41. The van der Waals surface area contributed by atoms with Crippen LogP contribution in [0.2, 0.25) is 0 Å². The molecular formula is C13H15BrFNO4. The second kappa shape index (κ2) is 6.49. The molecular weight excluding hydrogens is 333 g/mol. The fourth-order valence-electron chi connectivity index (χ4n) is 2.07. The van der Waals surface area contributed by atoms with Gasteiger partial charge in [-0.3, -0.25) is 10.1 Å². The monoisotopic (exact) mass is 347 g/mol. The highest BCUT2D eigenvalue weighted by molar-refractivity contribution is 9.09. The summed E-state index contributed by atoms with van der Waals surface area (Å²) in [4.78, 5) is 9.91. The number of rotatable bonds is 5. The molecule has 2 rings (SSSR count). The summed E-state index contributed by atoms with van der Waals surface area (Å²) < 4.78 is 24.6. The highest BCUT2D eigenvalue weighted by Crippen LogP contribution is 2.34. The molecule has 1 aromatic rings. The summed E-state index contributed by atoms with van der Waals surface area (Å²) in [7, 11) is 0. The summed E-state index contributed by atoms with van der Waals surface area (Å²) in [5.41, 5.74) is -0.358. The molecule has 7 heteroatoms. The van der Waals surface area contributed by atoms with E-state index in [1.807, 2.05) is 0 Å². The SMILES string of the molecule is O=[N+]([O-])c1ccc(OCC2(CBr)CCOCC2)c(F)c1. The second-order valence-corrected chi connectivity index (χ2v) is 5.47. The van der Waals surface area contributed by atoms with E-state index < -0.39 is 10.7 Å². The molecule has 5 nitrogen and oxygen atoms in total. The van der Waals surface area contributed by atoms with Crippen LogP contribution < -0.4 is 4.74 Å². The molecule has 0 unspecified atom stereocenters. The van der Waals surface area contributed by atoms with E-state index in [4.69, 9.17) is 9.47 Å². The Bertz CT molecular complexity index is 491. The largest absolute Gasteiger partial charge is 0.490 e. The Kier molecular flexibility index (Phi) is 4.93. The molecule has 1 heterocycles. The van der Waals surface area contributed by atoms with E-state index in [9.17, 15) is 14.5 Å². The van der Waals surface area contributed by atoms with Crippen molar-refractivity contribution in [1.29, 1.82) is 0 Å². The van der Waals surface area contributed by atoms with Crippen LogP contribution in [0.1, 0.15) is 12.8 Å². The van der Waals surface area contributed by atoms with Crippen LogP contribution in [0.3, 0.4) is 0 Å². The van der Waals surface area contributed by atoms with Gasteiger partial charge in [-0.05, 0) is 18.9 Å². The molecule has 0 N–H and O–H groups in total. The van der Waals surface area contributed by atoms with Crippen LogP contribution in [0.25, 0.3) is 0 Å². The zero-order valence-corrected chi connectivity index (χ0v) is 12.4. The number of hydrogen-bond donors (Lipinski definition) is 0. The zero-order valence-electron chi connectivity index (χ0n) is 10.8. The van der Waals surface area contributed by atoms with Gasteiger partial charge < -0.3 is 9.47 Å². The van der Waals surface area contributed by atoms with Gasteiger partial charge in [0.15, 0.2) is 11.6 Å². The van der Waals surface area contributed by atoms with E-state index in [0.29, 0.717) is 19.8 Å². The van der Waals surface area contributed by atoms with Gasteiger partial charge in [-0.2, -0.15) is 0 Å². The number of nitro groups is 1. The molecule has 1 aliphatic heterocycles. The van der Waals surface area contributed by atoms with E-state index in [2.05, 4.69) is 15.9 Å². The van der Waals surface area contributed by atoms with E-state index in [-0.39, 0.29) is 16.9 Å². The zero-order chi connectivity index (χ0) is 14.6. The maximum atomic E-state index is 13.7. The van der Waals surface area contributed by atoms with Gasteiger partial charge in [-0.15, -0.1) is 0 Å². The quantitative estimate of drug-likeness (QED) is 0.465. The van der Waals surface area contributed by atoms with Crippen LogP contribution >= 0.6 is 15.9 Å². The first-order valence-electron chi connectivity index (χ1n) is 6.27. The molecule has 0 spiro atoms. The van der Waals surface area contributed by atoms with Crippen molar-refractivity contribution < 1.29 is 18.8 Å². The third kappa shape index (κ3) is 3.46. The minimum Gasteiger partial charge on any atom is -0.490 e. The Labute approximate surface area is 124 Å². The predicted molar refractivity (Wildman–Crippen MR) is 74.8 cm³/mol. The molecule has 0 atom stereocenters. The Morgan fingerprint density at radius 2 is 2.15 bits per heavy atom. The van der Waals surface area contributed by atoms with Crippen LogP contribution in [0.5, 0.6) is 5.75 Å². The van der Waals surface area contributed by atoms with Crippen molar-refractivity contribution in [1.82, 2.24) is 0 Å². The number of halogens is 2. The van der Waals surface area contributed by atoms with Gasteiger partial charge in [0, 0.05) is 30.0 Å². The predicted octanol–water partition coefficient (Wildman–Crippen LogP) is 3.30. The lowest BCUT2D eigenvalue weighted by Gasteiger charge is -2.35. The molecule has 0 saturated carbocycles. The Morgan fingerprint density at radius 3 is 2.70 bits per heavy atom. The van der Waals surface area contributed by atoms with E-state index in [1.165, 1.54) is 12.1 Å². The van der Waals surface area contributed by atoms with Crippen LogP contribution in [0.4, 0.5) is 10.1 Å². The van der Waals surface area contributed by atoms with Crippen molar-refractivity contribution in [3.05, 3.63) is 34.1 Å². The van der Waals surface area contributed by atoms with E-state index >= 15 is 0 Å². The highest BCUT2D eigenvalue weighted by Gasteiger charge is 2.32. The summed E-state index contributed by atoms with van der Waals surface area (Å²) >= 11 is 3.47. The Hall–Kier alpha value is -1.21. The number of hydrogen-bond acceptors (Lipinski definition) is 4. The minimum atomic E-state index is -0.712. The Morgan fingerprint density at radius 1 is 1.45 bits per heavy atom. The molecule has 0 aromatic heterocycles. The first kappa shape index (κ1) is 15.2. The summed E-state index contributed by atoms with van der Waals surface area (Å²) in [5, 5.41) is 11.3. The number of nitro benzene ring substituents is 1. The fraction of sp³-hybridized carbons (Fsp3) is 0.538. The van der Waals surface area contributed by atoms with Crippen LogP contribution in [-0.2, 0) is 4.74 Å². The number of alkyl halides is 1. The second-order valence-electron chi connectivity index (χ2n) is 4.91. The average molecular weight is 348 g/mol. The van der Waals surface area contributed by atoms with Gasteiger partial charge in [0.05, 0.1) is 17.6 Å². The molecule has 1 saturated heterocycles. The molecule has 1 fully saturated rings. The van der Waals surface area contributed by atoms with Gasteiger partial charge in [-0.25, -0.2) is 4.39 Å². The van der Waals surface area contributed by atoms with Crippen molar-refractivity contribution in [2.24, 2.45) is 5.41 Å². The molecule has 1 aromatic carbocycles. The third-order valence-electron chi connectivity index (χ3n) is 3.50. The summed E-state index contributed by atoms with van der Waals surface area (Å²) in [6.45, 7) is 1.69. The molecule has 0 aliphatic carbocycles. The van der Waals surface area contributed by atoms with Crippen LogP contribution in [0.15, 0.2) is 18.2 Å². The van der Waals surface area contributed by atoms with Gasteiger partial charge in [0.25, 0.3) is 5.69 Å². The Balaban J connectivity index is 2.04. The molecule has 0 bridgehead atoms. The molecule has 1 aliphatic rings. The number of non-ortho nitro benzene ring substituents is 1. The summed E-state index contributed by atoms with van der Waals surface area (Å²) in [6.07, 6.45) is 1.68. The van der Waals surface area contributed by atoms with Gasteiger partial charge >= 0.3 is 0 Å². The van der Waals surface area contributed by atoms with Crippen LogP contribution in [0, 0.1) is 21.3 Å². The average Bonchev–Trinajstić information content (AvgIpc) is 2.47. The lowest BCUT2D eigenvalue weighted by Crippen LogP contribution is -2.36. The van der Waals surface area contributed by atoms with E-state index in [1.54, 1.807) is 0 Å². The highest BCUT2D eigenvalue weighted by atomic mass is 79.9. The van der Waals surface area contributed by atoms with Crippen molar-refractivity contribution in [2.75, 3.05) is 25.2 Å². The standard InChI is InChI=1S/C13H15BrFNO4/c14-8-13(3-5-19-6-4-13)9-20-12-2-1-10(16(17)18)7-11(12)15/h1-2,7H,3-6,8-9H2. The lowest BCUT2D eigenvalue weighted by molar-refractivity contribution is -0.385. The number of nitrogens with zero attached hydrogens (tertiary/aromatic N) is 1. The van der Waals surface area contributed by atoms with Crippen LogP contribution in [-0.4, -0.2) is 30.1 Å². The molecule has 0 amide bonds. The van der Waals surface area contributed by atoms with Crippen molar-refractivity contribution >= 4 is 21.6 Å². The van der Waals surface area contributed by atoms with Gasteiger partial charge in [0.2, 0.25) is 0 Å².